The highest BCUT2D eigenvalue weighted by Gasteiger charge is 2.80. The second kappa shape index (κ2) is 5.62. The van der Waals surface area contributed by atoms with Crippen LogP contribution in [-0.2, 0) is 16.6 Å². The molecule has 7 atom stereocenters. The Morgan fingerprint density at radius 1 is 1.33 bits per heavy atom. The van der Waals surface area contributed by atoms with Crippen molar-refractivity contribution in [2.24, 2.45) is 11.3 Å². The van der Waals surface area contributed by atoms with Crippen LogP contribution < -0.4 is 4.74 Å². The molecule has 5 nitrogen and oxygen atoms in total. The first kappa shape index (κ1) is 19.1. The van der Waals surface area contributed by atoms with Crippen molar-refractivity contribution in [3.63, 3.8) is 0 Å². The van der Waals surface area contributed by atoms with Crippen molar-refractivity contribution >= 4 is 0 Å². The Morgan fingerprint density at radius 2 is 2.13 bits per heavy atom. The van der Waals surface area contributed by atoms with E-state index in [9.17, 15) is 10.2 Å². The number of methoxy groups -OCH3 is 1. The van der Waals surface area contributed by atoms with Gasteiger partial charge in [-0.25, -0.2) is 0 Å². The lowest BCUT2D eigenvalue weighted by Crippen LogP contribution is -2.80. The molecule has 0 amide bonds. The molecule has 4 bridgehead atoms. The fraction of sp³-hybridized carbons (Fsp3) is 0.680. The van der Waals surface area contributed by atoms with Crippen LogP contribution in [0.5, 0.6) is 11.5 Å². The van der Waals surface area contributed by atoms with Gasteiger partial charge in [0.05, 0.1) is 11.0 Å². The summed E-state index contributed by atoms with van der Waals surface area (Å²) in [6.07, 6.45) is 8.86. The molecule has 4 aliphatic carbocycles. The number of likely N-dealkylation sites (N-methyl/N-ethyl adjacent to an activating group) is 1. The van der Waals surface area contributed by atoms with E-state index < -0.39 is 11.2 Å². The zero-order chi connectivity index (χ0) is 21.1. The number of aromatic hydroxyl groups is 1. The average Bonchev–Trinajstić information content (AvgIpc) is 3.09. The molecule has 2 heterocycles. The van der Waals surface area contributed by atoms with Crippen LogP contribution in [0.4, 0.5) is 0 Å². The minimum atomic E-state index is -0.850. The third-order valence-corrected chi connectivity index (χ3v) is 9.58. The molecule has 1 aromatic rings. The number of likely N-dealkylation sites (tertiary alicyclic amines) is 1. The number of benzene rings is 1. The lowest BCUT2D eigenvalue weighted by molar-refractivity contribution is -0.247. The van der Waals surface area contributed by atoms with Gasteiger partial charge in [-0.1, -0.05) is 31.6 Å². The highest BCUT2D eigenvalue weighted by atomic mass is 16.6. The number of fused-ring (bicyclic) bond motifs is 1. The maximum atomic E-state index is 11.7. The number of phenolic OH excluding ortho intramolecular Hbond substituents is 1. The fourth-order valence-electron chi connectivity index (χ4n) is 8.44. The molecule has 162 valence electrons. The Balaban J connectivity index is 1.66. The summed E-state index contributed by atoms with van der Waals surface area (Å²) in [5.74, 6) is 0.823. The van der Waals surface area contributed by atoms with Gasteiger partial charge >= 0.3 is 0 Å². The van der Waals surface area contributed by atoms with Gasteiger partial charge in [0.1, 0.15) is 11.7 Å². The molecular weight excluding hydrogens is 378 g/mol. The van der Waals surface area contributed by atoms with E-state index in [1.807, 2.05) is 6.92 Å². The van der Waals surface area contributed by atoms with E-state index in [4.69, 9.17) is 9.47 Å². The van der Waals surface area contributed by atoms with Gasteiger partial charge in [0.15, 0.2) is 11.5 Å². The second-order valence-electron chi connectivity index (χ2n) is 10.7. The van der Waals surface area contributed by atoms with Crippen molar-refractivity contribution < 1.29 is 19.7 Å². The Kier molecular flexibility index (Phi) is 3.59. The Morgan fingerprint density at radius 3 is 2.87 bits per heavy atom. The topological polar surface area (TPSA) is 62.2 Å². The van der Waals surface area contributed by atoms with Crippen LogP contribution in [0, 0.1) is 11.3 Å². The molecule has 2 fully saturated rings. The monoisotopic (exact) mass is 411 g/mol. The smallest absolute Gasteiger partial charge is 0.165 e. The molecule has 2 aliphatic heterocycles. The summed E-state index contributed by atoms with van der Waals surface area (Å²) in [4.78, 5) is 2.51. The van der Waals surface area contributed by atoms with Gasteiger partial charge in [0, 0.05) is 30.0 Å². The molecule has 2 N–H and O–H groups in total. The van der Waals surface area contributed by atoms with Gasteiger partial charge in [-0.15, -0.1) is 0 Å². The molecule has 1 aromatic carbocycles. The first-order chi connectivity index (χ1) is 14.3. The van der Waals surface area contributed by atoms with Gasteiger partial charge in [-0.05, 0) is 57.8 Å². The summed E-state index contributed by atoms with van der Waals surface area (Å²) in [5.41, 5.74) is 0.625. The van der Waals surface area contributed by atoms with Crippen molar-refractivity contribution in [1.29, 1.82) is 0 Å². The van der Waals surface area contributed by atoms with Gasteiger partial charge in [-0.3, -0.25) is 0 Å². The Bertz CT molecular complexity index is 957. The number of rotatable bonds is 4. The first-order valence-corrected chi connectivity index (χ1v) is 11.5. The van der Waals surface area contributed by atoms with E-state index in [-0.39, 0.29) is 28.6 Å². The highest BCUT2D eigenvalue weighted by Crippen LogP contribution is 2.75. The van der Waals surface area contributed by atoms with E-state index in [0.29, 0.717) is 11.8 Å². The van der Waals surface area contributed by atoms with Gasteiger partial charge in [0.2, 0.25) is 0 Å². The first-order valence-electron chi connectivity index (χ1n) is 11.5. The van der Waals surface area contributed by atoms with Gasteiger partial charge in [0.25, 0.3) is 0 Å². The Hall–Kier alpha value is -1.56. The van der Waals surface area contributed by atoms with Crippen molar-refractivity contribution in [2.45, 2.75) is 74.7 Å². The molecule has 1 saturated carbocycles. The lowest BCUT2D eigenvalue weighted by atomic mass is 9.36. The predicted octanol–water partition coefficient (Wildman–Crippen LogP) is 3.16. The zero-order valence-electron chi connectivity index (χ0n) is 18.4. The molecular formula is C25H33NO4. The number of piperidine rings is 1. The van der Waals surface area contributed by atoms with Gasteiger partial charge < -0.3 is 24.6 Å². The predicted molar refractivity (Wildman–Crippen MR) is 114 cm³/mol. The number of nitrogens with zero attached hydrogens (tertiary/aromatic N) is 1. The second-order valence-corrected chi connectivity index (χ2v) is 10.7. The third kappa shape index (κ3) is 1.80. The molecule has 2 spiro atoms. The fourth-order valence-corrected chi connectivity index (χ4v) is 8.44. The van der Waals surface area contributed by atoms with Crippen molar-refractivity contribution in [3.05, 3.63) is 35.4 Å². The minimum Gasteiger partial charge on any atom is -0.504 e. The molecule has 6 aliphatic rings. The number of aliphatic hydroxyl groups is 1. The summed E-state index contributed by atoms with van der Waals surface area (Å²) in [6.45, 7) is 5.11. The number of hydrogen-bond donors (Lipinski definition) is 2. The average molecular weight is 412 g/mol. The van der Waals surface area contributed by atoms with Crippen LogP contribution >= 0.6 is 0 Å². The van der Waals surface area contributed by atoms with Crippen molar-refractivity contribution in [2.75, 3.05) is 20.7 Å². The van der Waals surface area contributed by atoms with E-state index in [0.717, 1.165) is 38.6 Å². The standard InChI is InChI=1S/C25H33NO4/c1-5-8-22(2,28)17-14-23-9-10-25(17,29-4)21-24(23)11-12-26(3)18(23)13-15-6-7-16(27)20(30-21)19(15)24/h6-7,9-10,17-18,21,27-28H,5,8,11-14H2,1-4H3/t17?,18-,21-,22?,23?,24+,25?/m1/s1. The van der Waals surface area contributed by atoms with Crippen LogP contribution in [0.15, 0.2) is 24.3 Å². The van der Waals surface area contributed by atoms with Crippen LogP contribution in [0.25, 0.3) is 0 Å². The van der Waals surface area contributed by atoms with Crippen LogP contribution in [0.3, 0.4) is 0 Å². The molecule has 30 heavy (non-hydrogen) atoms. The molecule has 5 heteroatoms. The maximum absolute atomic E-state index is 11.7. The van der Waals surface area contributed by atoms with Crippen molar-refractivity contribution in [1.82, 2.24) is 4.90 Å². The summed E-state index contributed by atoms with van der Waals surface area (Å²) < 4.78 is 13.1. The Labute approximate surface area is 178 Å². The molecule has 7 rings (SSSR count). The molecule has 4 unspecified atom stereocenters. The summed E-state index contributed by atoms with van der Waals surface area (Å²) in [7, 11) is 4.00. The third-order valence-electron chi connectivity index (χ3n) is 9.58. The number of phenols is 1. The molecule has 1 saturated heterocycles. The van der Waals surface area contributed by atoms with E-state index in [1.54, 1.807) is 13.2 Å². The summed E-state index contributed by atoms with van der Waals surface area (Å²) in [6, 6.07) is 4.23. The molecule has 0 aromatic heterocycles. The van der Waals surface area contributed by atoms with E-state index >= 15 is 0 Å². The maximum Gasteiger partial charge on any atom is 0.165 e. The number of ether oxygens (including phenoxy) is 2. The van der Waals surface area contributed by atoms with Crippen LogP contribution in [-0.4, -0.2) is 59.2 Å². The van der Waals surface area contributed by atoms with Crippen molar-refractivity contribution in [3.8, 4) is 11.5 Å². The van der Waals surface area contributed by atoms with Crippen LogP contribution in [0.2, 0.25) is 0 Å². The van der Waals surface area contributed by atoms with Crippen LogP contribution in [0.1, 0.15) is 50.7 Å². The molecule has 0 radical (unpaired) electrons. The highest BCUT2D eigenvalue weighted by molar-refractivity contribution is 5.65. The normalized spacial score (nSPS) is 44.5. The lowest BCUT2D eigenvalue weighted by Gasteiger charge is -2.72. The van der Waals surface area contributed by atoms with E-state index in [2.05, 4.69) is 37.1 Å². The summed E-state index contributed by atoms with van der Waals surface area (Å²) >= 11 is 0. The SMILES string of the molecule is CCCC(C)(O)C1CC23C=CC1(OC)[C@@H]1Oc4c(O)ccc5c4[C@@]12CCN(C)[C@@H]3C5. The zero-order valence-corrected chi connectivity index (χ0v) is 18.4. The van der Waals surface area contributed by atoms with Gasteiger partial charge in [-0.2, -0.15) is 0 Å². The van der Waals surface area contributed by atoms with E-state index in [1.165, 1.54) is 11.1 Å². The minimum absolute atomic E-state index is 0.0647. The largest absolute Gasteiger partial charge is 0.504 e. The summed E-state index contributed by atoms with van der Waals surface area (Å²) in [5, 5.41) is 22.4. The number of hydrogen-bond acceptors (Lipinski definition) is 5. The quantitative estimate of drug-likeness (QED) is 0.746.